The molecule has 19 nitrogen and oxygen atoms in total. The minimum Gasteiger partial charge on any atom is -0.389 e. The summed E-state index contributed by atoms with van der Waals surface area (Å²) in [6.07, 6.45) is 13.9. The van der Waals surface area contributed by atoms with Gasteiger partial charge >= 0.3 is 0 Å². The SMILES string of the molecule is CC#N.Cc1cc(-c2ncnc(C)n2)ccn1.Cc1ncnc(-c2ccnc(Cl)c2)n1.Clc1cc(-c2ncnc(Cl)n2)ccn1.N#CN=C(N)c1ccnc(Cl)c1.NC(=S)c1ccnc(Cl)c1. The third kappa shape index (κ3) is 20.5. The van der Waals surface area contributed by atoms with Gasteiger partial charge in [-0.25, -0.2) is 59.8 Å². The molecule has 0 spiro atoms. The van der Waals surface area contributed by atoms with E-state index in [4.69, 9.17) is 92.2 Å². The fraction of sp³-hybridized carbons (Fsp3) is 0.0952. The predicted molar refractivity (Wildman–Crippen MR) is 260 cm³/mol. The fourth-order valence-electron chi connectivity index (χ4n) is 4.45. The van der Waals surface area contributed by atoms with E-state index < -0.39 is 0 Å². The van der Waals surface area contributed by atoms with Crippen LogP contribution in [0.3, 0.4) is 0 Å². The van der Waals surface area contributed by atoms with Gasteiger partial charge in [0.2, 0.25) is 11.5 Å². The largest absolute Gasteiger partial charge is 0.389 e. The highest BCUT2D eigenvalue weighted by Crippen LogP contribution is 2.18. The van der Waals surface area contributed by atoms with E-state index in [0.717, 1.165) is 33.8 Å². The lowest BCUT2D eigenvalue weighted by atomic mass is 10.2. The number of nitrogens with two attached hydrogens (primary N) is 2. The third-order valence-electron chi connectivity index (χ3n) is 7.26. The van der Waals surface area contributed by atoms with Crippen LogP contribution < -0.4 is 11.5 Å². The van der Waals surface area contributed by atoms with Gasteiger partial charge in [0, 0.05) is 71.4 Å². The lowest BCUT2D eigenvalue weighted by Crippen LogP contribution is -2.12. The Morgan fingerprint density at radius 2 is 0.910 bits per heavy atom. The van der Waals surface area contributed by atoms with Gasteiger partial charge in [-0.3, -0.25) is 4.98 Å². The normalized spacial score (nSPS) is 9.81. The maximum atomic E-state index is 8.20. The number of aromatic nitrogens is 14. The zero-order valence-electron chi connectivity index (χ0n) is 35.4. The van der Waals surface area contributed by atoms with Gasteiger partial charge in [0.25, 0.3) is 0 Å². The maximum absolute atomic E-state index is 8.20. The lowest BCUT2D eigenvalue weighted by molar-refractivity contribution is 0.981. The molecule has 0 aromatic carbocycles. The predicted octanol–water partition coefficient (Wildman–Crippen LogP) is 8.51. The molecule has 8 heterocycles. The number of hydrogen-bond acceptors (Lipinski definition) is 18. The van der Waals surface area contributed by atoms with Gasteiger partial charge in [-0.15, -0.1) is 0 Å². The van der Waals surface area contributed by atoms with Crippen molar-refractivity contribution in [2.45, 2.75) is 27.7 Å². The van der Waals surface area contributed by atoms with E-state index in [0.29, 0.717) is 54.5 Å². The minimum atomic E-state index is 0.141. The van der Waals surface area contributed by atoms with Crippen LogP contribution in [-0.2, 0) is 0 Å². The van der Waals surface area contributed by atoms with Crippen molar-refractivity contribution >= 4 is 81.0 Å². The van der Waals surface area contributed by atoms with Crippen LogP contribution in [0.15, 0.2) is 116 Å². The van der Waals surface area contributed by atoms with Crippen molar-refractivity contribution in [2.75, 3.05) is 0 Å². The van der Waals surface area contributed by atoms with Crippen LogP contribution in [0.1, 0.15) is 35.4 Å². The Bertz CT molecular complexity index is 2650. The summed E-state index contributed by atoms with van der Waals surface area (Å²) in [4.78, 5) is 59.1. The van der Waals surface area contributed by atoms with Crippen molar-refractivity contribution in [3.8, 4) is 46.4 Å². The summed E-state index contributed by atoms with van der Waals surface area (Å²) in [5.74, 6) is 3.34. The van der Waals surface area contributed by atoms with E-state index >= 15 is 0 Å². The summed E-state index contributed by atoms with van der Waals surface area (Å²) in [5.41, 5.74) is 15.6. The van der Waals surface area contributed by atoms with Crippen LogP contribution in [0, 0.1) is 43.6 Å². The molecule has 8 rings (SSSR count). The molecular formula is C42H34Cl5N19S. The maximum Gasteiger partial charge on any atom is 0.225 e. The highest BCUT2D eigenvalue weighted by molar-refractivity contribution is 7.80. The molecule has 0 atom stereocenters. The first-order valence-electron chi connectivity index (χ1n) is 18.5. The molecule has 0 amide bonds. The number of thiocarbonyl (C=S) groups is 1. The second-order valence-electron chi connectivity index (χ2n) is 12.1. The Morgan fingerprint density at radius 1 is 0.522 bits per heavy atom. The minimum absolute atomic E-state index is 0.141. The van der Waals surface area contributed by atoms with E-state index in [1.807, 2.05) is 32.9 Å². The highest BCUT2D eigenvalue weighted by Gasteiger charge is 2.05. The molecule has 67 heavy (non-hydrogen) atoms. The van der Waals surface area contributed by atoms with Gasteiger partial charge in [-0.05, 0) is 93.0 Å². The van der Waals surface area contributed by atoms with Crippen molar-refractivity contribution in [1.29, 1.82) is 10.5 Å². The number of nitriles is 2. The molecule has 0 radical (unpaired) electrons. The molecule has 25 heteroatoms. The summed E-state index contributed by atoms with van der Waals surface area (Å²) < 4.78 is 0. The molecule has 8 aromatic heterocycles. The van der Waals surface area contributed by atoms with Crippen LogP contribution in [-0.4, -0.2) is 80.6 Å². The zero-order valence-corrected chi connectivity index (χ0v) is 40.0. The number of nitrogens with zero attached hydrogens (tertiary/aromatic N) is 17. The Kier molecular flexibility index (Phi) is 23.5. The quantitative estimate of drug-likeness (QED) is 0.0536. The van der Waals surface area contributed by atoms with E-state index in [2.05, 4.69) is 74.8 Å². The molecule has 4 N–H and O–H groups in total. The summed E-state index contributed by atoms with van der Waals surface area (Å²) >= 11 is 33.0. The first-order valence-corrected chi connectivity index (χ1v) is 20.8. The van der Waals surface area contributed by atoms with Gasteiger partial charge in [-0.1, -0.05) is 58.6 Å². The first kappa shape index (κ1) is 53.9. The van der Waals surface area contributed by atoms with Crippen LogP contribution in [0.25, 0.3) is 34.2 Å². The zero-order chi connectivity index (χ0) is 49.1. The molecule has 0 aliphatic heterocycles. The average Bonchev–Trinajstić information content (AvgIpc) is 3.30. The summed E-state index contributed by atoms with van der Waals surface area (Å²) in [6.45, 7) is 7.03. The molecule has 0 bridgehead atoms. The number of amidine groups is 1. The Labute approximate surface area is 414 Å². The number of aryl methyl sites for hydroxylation is 3. The Hall–Kier alpha value is -7.43. The molecule has 0 aliphatic rings. The lowest BCUT2D eigenvalue weighted by Gasteiger charge is -2.00. The van der Waals surface area contributed by atoms with Crippen LogP contribution in [0.2, 0.25) is 25.9 Å². The second kappa shape index (κ2) is 29.2. The molecule has 0 unspecified atom stereocenters. The van der Waals surface area contributed by atoms with Gasteiger partial charge in [-0.2, -0.15) is 20.5 Å². The van der Waals surface area contributed by atoms with Crippen molar-refractivity contribution in [3.05, 3.63) is 165 Å². The van der Waals surface area contributed by atoms with Gasteiger partial charge in [0.1, 0.15) is 62.1 Å². The van der Waals surface area contributed by atoms with Crippen LogP contribution >= 0.6 is 70.2 Å². The van der Waals surface area contributed by atoms with Gasteiger partial charge in [0.05, 0.1) is 6.07 Å². The summed E-state index contributed by atoms with van der Waals surface area (Å²) in [7, 11) is 0. The molecule has 8 aromatic rings. The van der Waals surface area contributed by atoms with Gasteiger partial charge in [0.15, 0.2) is 17.5 Å². The smallest absolute Gasteiger partial charge is 0.225 e. The Balaban J connectivity index is 0.000000220. The van der Waals surface area contributed by atoms with E-state index in [9.17, 15) is 0 Å². The van der Waals surface area contributed by atoms with E-state index in [1.165, 1.54) is 38.2 Å². The molecule has 0 saturated carbocycles. The topological polar surface area (TPSA) is 292 Å². The molecular weight excluding hydrogens is 980 g/mol. The van der Waals surface area contributed by atoms with Crippen LogP contribution in [0.4, 0.5) is 0 Å². The van der Waals surface area contributed by atoms with E-state index in [1.54, 1.807) is 79.5 Å². The molecule has 0 fully saturated rings. The number of aliphatic imine (C=N–C) groups is 1. The van der Waals surface area contributed by atoms with Gasteiger partial charge < -0.3 is 11.5 Å². The van der Waals surface area contributed by atoms with Crippen molar-refractivity contribution < 1.29 is 0 Å². The standard InChI is InChI=1S/C10H10N4.C9H7ClN4.C8H4Cl2N4.C7H5ClN4.C6H5ClN2S.C2H3N/c1-7-5-9(3-4-11-7)10-13-6-12-8(2)14-10;1-6-12-5-13-9(14-6)7-2-3-11-8(10)4-7;9-6-3-5(1-2-11-6)7-12-4-13-8(10)14-7;8-6-3-5(1-2-11-6)7(10)12-4-9;7-5-3-4(6(8)10)1-2-9-5;1-2-3/h3-6H,1-2H3;2-5H,1H3;1-4H;1-3H,(H2,10,12);1-3H,(H2,8,10);1H3. The fourth-order valence-corrected chi connectivity index (χ4v) is 5.40. The van der Waals surface area contributed by atoms with Crippen molar-refractivity contribution in [2.24, 2.45) is 16.5 Å². The van der Waals surface area contributed by atoms with Crippen molar-refractivity contribution in [1.82, 2.24) is 69.8 Å². The number of hydrogen-bond donors (Lipinski definition) is 2. The molecule has 338 valence electrons. The monoisotopic (exact) mass is 1010 g/mol. The number of halogens is 5. The molecule has 0 aliphatic carbocycles. The molecule has 0 saturated heterocycles. The van der Waals surface area contributed by atoms with E-state index in [-0.39, 0.29) is 11.1 Å². The summed E-state index contributed by atoms with van der Waals surface area (Å²) in [5, 5.41) is 17.2. The Morgan fingerprint density at radius 3 is 1.30 bits per heavy atom. The number of pyridine rings is 5. The third-order valence-corrected chi connectivity index (χ3v) is 8.50. The number of rotatable bonds is 5. The second-order valence-corrected chi connectivity index (χ2v) is 14.5. The highest BCUT2D eigenvalue weighted by atomic mass is 35.5. The summed E-state index contributed by atoms with van der Waals surface area (Å²) in [6, 6.07) is 19.0. The first-order chi connectivity index (χ1) is 32.1. The average molecular weight is 1010 g/mol. The van der Waals surface area contributed by atoms with Crippen molar-refractivity contribution in [3.63, 3.8) is 0 Å². The van der Waals surface area contributed by atoms with Crippen LogP contribution in [0.5, 0.6) is 0 Å².